The van der Waals surface area contributed by atoms with E-state index in [4.69, 9.17) is 15.6 Å². The molecule has 0 spiro atoms. The first-order valence-electron chi connectivity index (χ1n) is 10.4. The van der Waals surface area contributed by atoms with Crippen molar-refractivity contribution in [3.05, 3.63) is 89.0 Å². The monoisotopic (exact) mass is 435 g/mol. The Labute approximate surface area is 187 Å². The quantitative estimate of drug-likeness (QED) is 0.407. The lowest BCUT2D eigenvalue weighted by Crippen LogP contribution is -2.16. The lowest BCUT2D eigenvalue weighted by molar-refractivity contribution is -0.136. The van der Waals surface area contributed by atoms with E-state index in [-0.39, 0.29) is 19.6 Å². The number of carbonyl (C=O) groups is 1. The van der Waals surface area contributed by atoms with Crippen LogP contribution in [0.2, 0.25) is 0 Å². The number of aliphatic carboxylic acids is 1. The van der Waals surface area contributed by atoms with Crippen molar-refractivity contribution in [2.75, 3.05) is 6.61 Å². The maximum Gasteiger partial charge on any atom is 0.307 e. The second-order valence-corrected chi connectivity index (χ2v) is 8.36. The fourth-order valence-electron chi connectivity index (χ4n) is 3.46. The first-order valence-corrected chi connectivity index (χ1v) is 10.4. The molecule has 0 bridgehead atoms. The standard InChI is InChI=1S/C26H29NO5/c1-26(2,31)22-11-17(16-32-24-9-4-3-6-20(24)14-25(29)30)10-21(13-22)18-7-5-8-19(12-18)23(27)15-28/h3-13,23,28,31H,14-16,27H2,1-2H3,(H,29,30). The summed E-state index contributed by atoms with van der Waals surface area (Å²) in [4.78, 5) is 11.1. The third kappa shape index (κ3) is 5.95. The normalized spacial score (nSPS) is 12.4. The van der Waals surface area contributed by atoms with Crippen LogP contribution in [0.15, 0.2) is 66.7 Å². The molecule has 1 unspecified atom stereocenters. The number of ether oxygens (including phenoxy) is 1. The van der Waals surface area contributed by atoms with Crippen LogP contribution < -0.4 is 10.5 Å². The van der Waals surface area contributed by atoms with Crippen molar-refractivity contribution in [1.82, 2.24) is 0 Å². The van der Waals surface area contributed by atoms with Crippen molar-refractivity contribution in [2.45, 2.75) is 38.5 Å². The number of aliphatic hydroxyl groups is 2. The van der Waals surface area contributed by atoms with E-state index in [1.165, 1.54) is 0 Å². The smallest absolute Gasteiger partial charge is 0.307 e. The van der Waals surface area contributed by atoms with E-state index in [9.17, 15) is 15.0 Å². The minimum absolute atomic E-state index is 0.122. The Morgan fingerprint density at radius 1 is 1.03 bits per heavy atom. The molecule has 0 radical (unpaired) electrons. The van der Waals surface area contributed by atoms with Gasteiger partial charge in [0.05, 0.1) is 24.7 Å². The van der Waals surface area contributed by atoms with Gasteiger partial charge in [-0.05, 0) is 72.0 Å². The van der Waals surface area contributed by atoms with Crippen LogP contribution in [0, 0.1) is 0 Å². The molecule has 0 saturated heterocycles. The minimum Gasteiger partial charge on any atom is -0.489 e. The molecule has 3 aromatic carbocycles. The molecule has 0 heterocycles. The summed E-state index contributed by atoms with van der Waals surface area (Å²) in [5, 5.41) is 29.2. The van der Waals surface area contributed by atoms with Crippen LogP contribution in [0.4, 0.5) is 0 Å². The Morgan fingerprint density at radius 3 is 2.47 bits per heavy atom. The number of benzene rings is 3. The molecular weight excluding hydrogens is 406 g/mol. The van der Waals surface area contributed by atoms with E-state index in [0.29, 0.717) is 11.3 Å². The van der Waals surface area contributed by atoms with Crippen LogP contribution in [0.1, 0.15) is 42.1 Å². The van der Waals surface area contributed by atoms with Crippen molar-refractivity contribution in [3.8, 4) is 16.9 Å². The minimum atomic E-state index is -1.06. The molecule has 0 aliphatic heterocycles. The zero-order chi connectivity index (χ0) is 23.3. The molecule has 0 amide bonds. The van der Waals surface area contributed by atoms with Gasteiger partial charge in [-0.25, -0.2) is 0 Å². The summed E-state index contributed by atoms with van der Waals surface area (Å²) in [6.07, 6.45) is -0.122. The Bertz CT molecular complexity index is 1090. The fourth-order valence-corrected chi connectivity index (χ4v) is 3.46. The first kappa shape index (κ1) is 23.5. The van der Waals surface area contributed by atoms with Gasteiger partial charge in [-0.15, -0.1) is 0 Å². The van der Waals surface area contributed by atoms with Gasteiger partial charge in [0, 0.05) is 5.56 Å². The molecule has 168 valence electrons. The highest BCUT2D eigenvalue weighted by Gasteiger charge is 2.19. The maximum absolute atomic E-state index is 11.1. The predicted octanol–water partition coefficient (Wildman–Crippen LogP) is 3.78. The Hall–Kier alpha value is -3.19. The van der Waals surface area contributed by atoms with Crippen LogP contribution in [0.25, 0.3) is 11.1 Å². The van der Waals surface area contributed by atoms with Crippen molar-refractivity contribution in [1.29, 1.82) is 0 Å². The van der Waals surface area contributed by atoms with Crippen LogP contribution in [-0.4, -0.2) is 27.9 Å². The number of nitrogens with two attached hydrogens (primary N) is 1. The van der Waals surface area contributed by atoms with E-state index in [2.05, 4.69) is 0 Å². The molecule has 32 heavy (non-hydrogen) atoms. The summed E-state index contributed by atoms with van der Waals surface area (Å²) in [6, 6.07) is 20.0. The van der Waals surface area contributed by atoms with Crippen LogP contribution in [-0.2, 0) is 23.4 Å². The van der Waals surface area contributed by atoms with E-state index in [1.54, 1.807) is 38.1 Å². The molecule has 0 aliphatic carbocycles. The van der Waals surface area contributed by atoms with Crippen molar-refractivity contribution in [2.24, 2.45) is 5.73 Å². The van der Waals surface area contributed by atoms with Crippen molar-refractivity contribution >= 4 is 5.97 Å². The van der Waals surface area contributed by atoms with Crippen molar-refractivity contribution in [3.63, 3.8) is 0 Å². The number of hydrogen-bond acceptors (Lipinski definition) is 5. The number of carboxylic acids is 1. The first-order chi connectivity index (χ1) is 15.2. The highest BCUT2D eigenvalue weighted by molar-refractivity contribution is 5.71. The van der Waals surface area contributed by atoms with E-state index in [1.807, 2.05) is 42.5 Å². The highest BCUT2D eigenvalue weighted by atomic mass is 16.5. The molecule has 6 heteroatoms. The van der Waals surface area contributed by atoms with Gasteiger partial charge in [-0.1, -0.05) is 36.4 Å². The van der Waals surface area contributed by atoms with Gasteiger partial charge in [-0.3, -0.25) is 4.79 Å². The number of para-hydroxylation sites is 1. The number of rotatable bonds is 9. The molecule has 1 atom stereocenters. The predicted molar refractivity (Wildman–Crippen MR) is 123 cm³/mol. The van der Waals surface area contributed by atoms with Gasteiger partial charge >= 0.3 is 5.97 Å². The summed E-state index contributed by atoms with van der Waals surface area (Å²) in [5.41, 5.74) is 9.69. The van der Waals surface area contributed by atoms with Gasteiger partial charge < -0.3 is 25.8 Å². The Kier molecular flexibility index (Phi) is 7.30. The van der Waals surface area contributed by atoms with Gasteiger partial charge in [-0.2, -0.15) is 0 Å². The van der Waals surface area contributed by atoms with Gasteiger partial charge in [0.15, 0.2) is 0 Å². The maximum atomic E-state index is 11.1. The Balaban J connectivity index is 1.95. The second kappa shape index (κ2) is 9.96. The molecule has 3 aromatic rings. The zero-order valence-electron chi connectivity index (χ0n) is 18.3. The van der Waals surface area contributed by atoms with Crippen molar-refractivity contribution < 1.29 is 24.9 Å². The highest BCUT2D eigenvalue weighted by Crippen LogP contribution is 2.30. The number of carboxylic acid groups (broad SMARTS) is 1. The number of hydrogen-bond donors (Lipinski definition) is 4. The lowest BCUT2D eigenvalue weighted by Gasteiger charge is -2.21. The van der Waals surface area contributed by atoms with Crippen LogP contribution >= 0.6 is 0 Å². The molecule has 0 aromatic heterocycles. The SMILES string of the molecule is CC(C)(O)c1cc(COc2ccccc2CC(=O)O)cc(-c2cccc(C(N)CO)c2)c1. The van der Waals surface area contributed by atoms with E-state index in [0.717, 1.165) is 27.8 Å². The second-order valence-electron chi connectivity index (χ2n) is 8.36. The average Bonchev–Trinajstić information content (AvgIpc) is 2.77. The summed E-state index contributed by atoms with van der Waals surface area (Å²) in [7, 11) is 0. The summed E-state index contributed by atoms with van der Waals surface area (Å²) in [6.45, 7) is 3.50. The largest absolute Gasteiger partial charge is 0.489 e. The summed E-state index contributed by atoms with van der Waals surface area (Å²) < 4.78 is 5.96. The average molecular weight is 436 g/mol. The fraction of sp³-hybridized carbons (Fsp3) is 0.269. The number of aliphatic hydroxyl groups excluding tert-OH is 1. The lowest BCUT2D eigenvalue weighted by atomic mass is 9.91. The van der Waals surface area contributed by atoms with Crippen LogP contribution in [0.3, 0.4) is 0 Å². The van der Waals surface area contributed by atoms with Gasteiger partial charge in [0.2, 0.25) is 0 Å². The molecule has 6 nitrogen and oxygen atoms in total. The summed E-state index contributed by atoms with van der Waals surface area (Å²) in [5.74, 6) is -0.408. The molecule has 0 aliphatic rings. The Morgan fingerprint density at radius 2 is 1.78 bits per heavy atom. The van der Waals surface area contributed by atoms with E-state index < -0.39 is 17.6 Å². The molecule has 3 rings (SSSR count). The zero-order valence-corrected chi connectivity index (χ0v) is 18.3. The van der Waals surface area contributed by atoms with Gasteiger partial charge in [0.25, 0.3) is 0 Å². The third-order valence-electron chi connectivity index (χ3n) is 5.25. The molecular formula is C26H29NO5. The topological polar surface area (TPSA) is 113 Å². The van der Waals surface area contributed by atoms with E-state index >= 15 is 0 Å². The van der Waals surface area contributed by atoms with Gasteiger partial charge in [0.1, 0.15) is 12.4 Å². The third-order valence-corrected chi connectivity index (χ3v) is 5.25. The molecule has 0 fully saturated rings. The summed E-state index contributed by atoms with van der Waals surface area (Å²) >= 11 is 0. The molecule has 0 saturated carbocycles. The van der Waals surface area contributed by atoms with Crippen LogP contribution in [0.5, 0.6) is 5.75 Å². The molecule has 5 N–H and O–H groups in total.